The molecule has 3 aromatic rings. The highest BCUT2D eigenvalue weighted by Gasteiger charge is 2.24. The van der Waals surface area contributed by atoms with E-state index >= 15 is 0 Å². The molecule has 0 fully saturated rings. The first-order valence-electron chi connectivity index (χ1n) is 8.89. The lowest BCUT2D eigenvalue weighted by atomic mass is 9.99. The van der Waals surface area contributed by atoms with Crippen molar-refractivity contribution in [2.24, 2.45) is 0 Å². The summed E-state index contributed by atoms with van der Waals surface area (Å²) in [4.78, 5) is 12.8. The SMILES string of the molecule is CN(CC(=O)NC(c1ccccc1)c1ccccc1)S(=O)(=O)c1ccccc1. The zero-order valence-corrected chi connectivity index (χ0v) is 16.3. The number of nitrogens with one attached hydrogen (secondary N) is 1. The number of benzene rings is 3. The number of nitrogens with zero attached hydrogens (tertiary/aromatic N) is 1. The Morgan fingerprint density at radius 2 is 1.25 bits per heavy atom. The summed E-state index contributed by atoms with van der Waals surface area (Å²) in [5.41, 5.74) is 1.85. The number of amides is 1. The quantitative estimate of drug-likeness (QED) is 0.669. The summed E-state index contributed by atoms with van der Waals surface area (Å²) in [5.74, 6) is -0.375. The van der Waals surface area contributed by atoms with Crippen LogP contribution in [0, 0.1) is 0 Å². The average Bonchev–Trinajstić information content (AvgIpc) is 2.74. The number of hydrogen-bond acceptors (Lipinski definition) is 3. The monoisotopic (exact) mass is 394 g/mol. The molecule has 28 heavy (non-hydrogen) atoms. The smallest absolute Gasteiger partial charge is 0.243 e. The van der Waals surface area contributed by atoms with E-state index in [0.717, 1.165) is 15.4 Å². The fourth-order valence-electron chi connectivity index (χ4n) is 2.92. The molecule has 1 N–H and O–H groups in total. The van der Waals surface area contributed by atoms with Crippen LogP contribution in [0.15, 0.2) is 95.9 Å². The van der Waals surface area contributed by atoms with Crippen LogP contribution in [0.2, 0.25) is 0 Å². The highest BCUT2D eigenvalue weighted by Crippen LogP contribution is 2.22. The van der Waals surface area contributed by atoms with Crippen molar-refractivity contribution in [1.29, 1.82) is 0 Å². The molecule has 5 nitrogen and oxygen atoms in total. The second kappa shape index (κ2) is 8.82. The number of carbonyl (C=O) groups excluding carboxylic acids is 1. The average molecular weight is 394 g/mol. The molecule has 0 bridgehead atoms. The molecule has 0 aromatic heterocycles. The first-order chi connectivity index (χ1) is 13.5. The number of sulfonamides is 1. The highest BCUT2D eigenvalue weighted by molar-refractivity contribution is 7.89. The fourth-order valence-corrected chi connectivity index (χ4v) is 4.06. The summed E-state index contributed by atoms with van der Waals surface area (Å²) in [6.45, 7) is -0.270. The van der Waals surface area contributed by atoms with Crippen molar-refractivity contribution in [2.45, 2.75) is 10.9 Å². The lowest BCUT2D eigenvalue weighted by molar-refractivity contribution is -0.121. The van der Waals surface area contributed by atoms with E-state index in [9.17, 15) is 13.2 Å². The first kappa shape index (κ1) is 19.8. The van der Waals surface area contributed by atoms with Crippen LogP contribution in [0.3, 0.4) is 0 Å². The van der Waals surface area contributed by atoms with Gasteiger partial charge in [-0.1, -0.05) is 78.9 Å². The van der Waals surface area contributed by atoms with E-state index in [0.29, 0.717) is 0 Å². The van der Waals surface area contributed by atoms with Crippen molar-refractivity contribution in [3.05, 3.63) is 102 Å². The molecule has 144 valence electrons. The van der Waals surface area contributed by atoms with Gasteiger partial charge in [-0.25, -0.2) is 8.42 Å². The van der Waals surface area contributed by atoms with Crippen LogP contribution in [-0.4, -0.2) is 32.2 Å². The Hall–Kier alpha value is -2.96. The van der Waals surface area contributed by atoms with Gasteiger partial charge in [-0.2, -0.15) is 4.31 Å². The van der Waals surface area contributed by atoms with E-state index in [4.69, 9.17) is 0 Å². The van der Waals surface area contributed by atoms with Crippen molar-refractivity contribution in [3.63, 3.8) is 0 Å². The molecule has 0 heterocycles. The van der Waals surface area contributed by atoms with Gasteiger partial charge in [-0.15, -0.1) is 0 Å². The third-order valence-electron chi connectivity index (χ3n) is 4.39. The predicted molar refractivity (Wildman–Crippen MR) is 109 cm³/mol. The second-order valence-corrected chi connectivity index (χ2v) is 8.44. The summed E-state index contributed by atoms with van der Waals surface area (Å²) in [6, 6.07) is 26.9. The molecule has 3 rings (SSSR count). The zero-order chi connectivity index (χ0) is 20.0. The van der Waals surface area contributed by atoms with Crippen molar-refractivity contribution in [1.82, 2.24) is 9.62 Å². The largest absolute Gasteiger partial charge is 0.344 e. The van der Waals surface area contributed by atoms with E-state index in [2.05, 4.69) is 5.32 Å². The van der Waals surface area contributed by atoms with Crippen molar-refractivity contribution in [2.75, 3.05) is 13.6 Å². The summed E-state index contributed by atoms with van der Waals surface area (Å²) in [6.07, 6.45) is 0. The standard InChI is InChI=1S/C22H22N2O3S/c1-24(28(26,27)20-15-9-4-10-16-20)17-21(25)23-22(18-11-5-2-6-12-18)19-13-7-3-8-14-19/h2-16,22H,17H2,1H3,(H,23,25). The van der Waals surface area contributed by atoms with Crippen molar-refractivity contribution < 1.29 is 13.2 Å². The van der Waals surface area contributed by atoms with Crippen molar-refractivity contribution in [3.8, 4) is 0 Å². The maximum absolute atomic E-state index is 12.7. The number of hydrogen-bond donors (Lipinski definition) is 1. The Morgan fingerprint density at radius 3 is 1.71 bits per heavy atom. The summed E-state index contributed by atoms with van der Waals surface area (Å²) in [5, 5.41) is 2.96. The van der Waals surface area contributed by atoms with Gasteiger partial charge >= 0.3 is 0 Å². The van der Waals surface area contributed by atoms with Gasteiger partial charge in [0.05, 0.1) is 17.5 Å². The maximum Gasteiger partial charge on any atom is 0.243 e. The van der Waals surface area contributed by atoms with Crippen LogP contribution in [-0.2, 0) is 14.8 Å². The maximum atomic E-state index is 12.7. The minimum Gasteiger partial charge on any atom is -0.344 e. The van der Waals surface area contributed by atoms with Gasteiger partial charge in [0.1, 0.15) is 0 Å². The Kier molecular flexibility index (Phi) is 6.23. The molecule has 0 atom stereocenters. The molecule has 0 saturated carbocycles. The van der Waals surface area contributed by atoms with E-state index in [1.54, 1.807) is 18.2 Å². The normalized spacial score (nSPS) is 11.5. The van der Waals surface area contributed by atoms with Gasteiger partial charge in [-0.3, -0.25) is 4.79 Å². The van der Waals surface area contributed by atoms with E-state index in [-0.39, 0.29) is 23.4 Å². The van der Waals surface area contributed by atoms with E-state index in [1.807, 2.05) is 60.7 Å². The third kappa shape index (κ3) is 4.65. The molecule has 0 saturated heterocycles. The number of carbonyl (C=O) groups is 1. The zero-order valence-electron chi connectivity index (χ0n) is 15.5. The molecule has 3 aromatic carbocycles. The summed E-state index contributed by atoms with van der Waals surface area (Å²) in [7, 11) is -2.32. The van der Waals surface area contributed by atoms with E-state index in [1.165, 1.54) is 19.2 Å². The first-order valence-corrected chi connectivity index (χ1v) is 10.3. The molecule has 1 amide bonds. The fraction of sp³-hybridized carbons (Fsp3) is 0.136. The highest BCUT2D eigenvalue weighted by atomic mass is 32.2. The van der Waals surface area contributed by atoms with Gasteiger partial charge in [0.25, 0.3) is 0 Å². The Labute approximate surface area is 165 Å². The van der Waals surface area contributed by atoms with Gasteiger partial charge < -0.3 is 5.32 Å². The molecule has 0 spiro atoms. The molecular formula is C22H22N2O3S. The van der Waals surface area contributed by atoms with Crippen LogP contribution in [0.4, 0.5) is 0 Å². The van der Waals surface area contributed by atoms with Gasteiger partial charge in [0.2, 0.25) is 15.9 Å². The summed E-state index contributed by atoms with van der Waals surface area (Å²) >= 11 is 0. The molecule has 0 aliphatic rings. The Balaban J connectivity index is 1.77. The van der Waals surface area contributed by atoms with Crippen LogP contribution >= 0.6 is 0 Å². The van der Waals surface area contributed by atoms with Gasteiger partial charge in [-0.05, 0) is 23.3 Å². The molecular weight excluding hydrogens is 372 g/mol. The molecule has 0 aliphatic carbocycles. The molecule has 6 heteroatoms. The minimum atomic E-state index is -3.73. The van der Waals surface area contributed by atoms with Gasteiger partial charge in [0.15, 0.2) is 0 Å². The number of rotatable bonds is 7. The van der Waals surface area contributed by atoms with Crippen LogP contribution < -0.4 is 5.32 Å². The lowest BCUT2D eigenvalue weighted by Gasteiger charge is -2.22. The molecule has 0 aliphatic heterocycles. The molecule has 0 radical (unpaired) electrons. The van der Waals surface area contributed by atoms with Crippen LogP contribution in [0.5, 0.6) is 0 Å². The lowest BCUT2D eigenvalue weighted by Crippen LogP contribution is -2.40. The Bertz CT molecular complexity index is 968. The van der Waals surface area contributed by atoms with Crippen molar-refractivity contribution >= 4 is 15.9 Å². The Morgan fingerprint density at radius 1 is 0.821 bits per heavy atom. The topological polar surface area (TPSA) is 66.5 Å². The second-order valence-electron chi connectivity index (χ2n) is 6.40. The van der Waals surface area contributed by atoms with Crippen LogP contribution in [0.25, 0.3) is 0 Å². The predicted octanol–water partition coefficient (Wildman–Crippen LogP) is 3.21. The van der Waals surface area contributed by atoms with Gasteiger partial charge in [0, 0.05) is 7.05 Å². The van der Waals surface area contributed by atoms with Crippen LogP contribution in [0.1, 0.15) is 17.2 Å². The number of likely N-dealkylation sites (N-methyl/N-ethyl adjacent to an activating group) is 1. The van der Waals surface area contributed by atoms with E-state index < -0.39 is 10.0 Å². The minimum absolute atomic E-state index is 0.160. The summed E-state index contributed by atoms with van der Waals surface area (Å²) < 4.78 is 26.3. The third-order valence-corrected chi connectivity index (χ3v) is 6.21. The molecule has 0 unspecified atom stereocenters.